The molecule has 0 spiro atoms. The Morgan fingerprint density at radius 1 is 1.15 bits per heavy atom. The average molecular weight is 369 g/mol. The van der Waals surface area contributed by atoms with Gasteiger partial charge in [-0.05, 0) is 25.5 Å². The van der Waals surface area contributed by atoms with E-state index in [2.05, 4.69) is 0 Å². The zero-order chi connectivity index (χ0) is 19.3. The first-order valence-electron chi connectivity index (χ1n) is 9.23. The Hall–Kier alpha value is -2.53. The van der Waals surface area contributed by atoms with E-state index in [0.717, 1.165) is 23.3 Å². The van der Waals surface area contributed by atoms with Crippen LogP contribution < -0.4 is 9.47 Å². The molecular formula is C22H27NO4. The van der Waals surface area contributed by atoms with Crippen molar-refractivity contribution in [1.82, 2.24) is 4.90 Å². The van der Waals surface area contributed by atoms with E-state index in [0.29, 0.717) is 25.4 Å². The van der Waals surface area contributed by atoms with Crippen LogP contribution in [0, 0.1) is 0 Å². The molecule has 3 rings (SSSR count). The lowest BCUT2D eigenvalue weighted by Gasteiger charge is -2.23. The number of rotatable bonds is 8. The molecule has 144 valence electrons. The standard InChI is InChI=1S/C22H27NO4/c1-22(2)14-18-10-7-11-19(21(18)27-22)26-16-20(24)23(12-13-25-3)15-17-8-5-4-6-9-17/h4-11H,12-16H2,1-3H3. The Bertz CT molecular complexity index is 773. The molecule has 0 fully saturated rings. The highest BCUT2D eigenvalue weighted by Gasteiger charge is 2.32. The highest BCUT2D eigenvalue weighted by atomic mass is 16.5. The number of benzene rings is 2. The lowest BCUT2D eigenvalue weighted by atomic mass is 10.0. The van der Waals surface area contributed by atoms with E-state index in [1.165, 1.54) is 0 Å². The van der Waals surface area contributed by atoms with Crippen LogP contribution in [0.1, 0.15) is 25.0 Å². The van der Waals surface area contributed by atoms with Crippen LogP contribution in [0.25, 0.3) is 0 Å². The summed E-state index contributed by atoms with van der Waals surface area (Å²) in [6, 6.07) is 15.8. The van der Waals surface area contributed by atoms with Gasteiger partial charge in [-0.25, -0.2) is 0 Å². The van der Waals surface area contributed by atoms with E-state index in [-0.39, 0.29) is 18.1 Å². The summed E-state index contributed by atoms with van der Waals surface area (Å²) in [5.74, 6) is 1.30. The number of hydrogen-bond acceptors (Lipinski definition) is 4. The van der Waals surface area contributed by atoms with Gasteiger partial charge in [0.05, 0.1) is 6.61 Å². The molecule has 0 saturated carbocycles. The molecule has 0 saturated heterocycles. The van der Waals surface area contributed by atoms with E-state index < -0.39 is 0 Å². The van der Waals surface area contributed by atoms with Gasteiger partial charge in [0, 0.05) is 32.2 Å². The van der Waals surface area contributed by atoms with E-state index >= 15 is 0 Å². The normalized spacial score (nSPS) is 14.3. The van der Waals surface area contributed by atoms with Gasteiger partial charge < -0.3 is 19.1 Å². The summed E-state index contributed by atoms with van der Waals surface area (Å²) in [6.45, 7) is 5.60. The van der Waals surface area contributed by atoms with Crippen molar-refractivity contribution in [3.63, 3.8) is 0 Å². The molecule has 2 aromatic rings. The maximum Gasteiger partial charge on any atom is 0.260 e. The molecule has 27 heavy (non-hydrogen) atoms. The molecule has 0 radical (unpaired) electrons. The van der Waals surface area contributed by atoms with E-state index in [9.17, 15) is 4.79 Å². The first kappa shape index (κ1) is 19.2. The molecule has 1 aliphatic heterocycles. The Labute approximate surface area is 160 Å². The van der Waals surface area contributed by atoms with Crippen LogP contribution in [0.5, 0.6) is 11.5 Å². The number of hydrogen-bond donors (Lipinski definition) is 0. The number of carbonyl (C=O) groups is 1. The Morgan fingerprint density at radius 2 is 1.93 bits per heavy atom. The van der Waals surface area contributed by atoms with Crippen LogP contribution in [-0.4, -0.2) is 43.3 Å². The van der Waals surface area contributed by atoms with Gasteiger partial charge in [-0.15, -0.1) is 0 Å². The van der Waals surface area contributed by atoms with Crippen LogP contribution >= 0.6 is 0 Å². The highest BCUT2D eigenvalue weighted by Crippen LogP contribution is 2.41. The fourth-order valence-electron chi connectivity index (χ4n) is 3.23. The second-order valence-electron chi connectivity index (χ2n) is 7.37. The second kappa shape index (κ2) is 8.44. The summed E-state index contributed by atoms with van der Waals surface area (Å²) in [7, 11) is 1.63. The topological polar surface area (TPSA) is 48.0 Å². The van der Waals surface area contributed by atoms with Crippen molar-refractivity contribution in [2.24, 2.45) is 0 Å². The highest BCUT2D eigenvalue weighted by molar-refractivity contribution is 5.78. The smallest absolute Gasteiger partial charge is 0.260 e. The van der Waals surface area contributed by atoms with Gasteiger partial charge >= 0.3 is 0 Å². The van der Waals surface area contributed by atoms with Crippen LogP contribution in [0.15, 0.2) is 48.5 Å². The third-order valence-corrected chi connectivity index (χ3v) is 4.54. The Morgan fingerprint density at radius 3 is 2.67 bits per heavy atom. The van der Waals surface area contributed by atoms with E-state index in [1.54, 1.807) is 12.0 Å². The summed E-state index contributed by atoms with van der Waals surface area (Å²) in [4.78, 5) is 14.5. The molecule has 5 heteroatoms. The number of ether oxygens (including phenoxy) is 3. The van der Waals surface area contributed by atoms with Crippen molar-refractivity contribution in [3.05, 3.63) is 59.7 Å². The van der Waals surface area contributed by atoms with Gasteiger partial charge in [0.2, 0.25) is 0 Å². The minimum atomic E-state index is -0.246. The van der Waals surface area contributed by atoms with Gasteiger partial charge in [0.15, 0.2) is 18.1 Å². The van der Waals surface area contributed by atoms with Crippen LogP contribution in [0.3, 0.4) is 0 Å². The molecule has 1 amide bonds. The molecule has 1 heterocycles. The summed E-state index contributed by atoms with van der Waals surface area (Å²) < 4.78 is 17.0. The van der Waals surface area contributed by atoms with E-state index in [1.807, 2.05) is 62.4 Å². The minimum absolute atomic E-state index is 0.0310. The number of amides is 1. The molecule has 0 aromatic heterocycles. The third-order valence-electron chi connectivity index (χ3n) is 4.54. The monoisotopic (exact) mass is 369 g/mol. The molecule has 0 atom stereocenters. The van der Waals surface area contributed by atoms with Crippen LogP contribution in [0.2, 0.25) is 0 Å². The van der Waals surface area contributed by atoms with Gasteiger partial charge in [0.25, 0.3) is 5.91 Å². The van der Waals surface area contributed by atoms with Gasteiger partial charge in [-0.3, -0.25) is 4.79 Å². The first-order valence-corrected chi connectivity index (χ1v) is 9.23. The molecular weight excluding hydrogens is 342 g/mol. The Kier molecular flexibility index (Phi) is 6.01. The van der Waals surface area contributed by atoms with Gasteiger partial charge in [-0.2, -0.15) is 0 Å². The average Bonchev–Trinajstić information content (AvgIpc) is 2.98. The fraction of sp³-hybridized carbons (Fsp3) is 0.409. The van der Waals surface area contributed by atoms with E-state index in [4.69, 9.17) is 14.2 Å². The predicted octanol–water partition coefficient (Wildman–Crippen LogP) is 3.45. The van der Waals surface area contributed by atoms with Crippen molar-refractivity contribution in [1.29, 1.82) is 0 Å². The van der Waals surface area contributed by atoms with Crippen LogP contribution in [0.4, 0.5) is 0 Å². The summed E-state index contributed by atoms with van der Waals surface area (Å²) in [6.07, 6.45) is 0.835. The molecule has 1 aliphatic rings. The maximum atomic E-state index is 12.8. The SMILES string of the molecule is COCCN(Cc1ccccc1)C(=O)COc1cccc2c1OC(C)(C)C2. The zero-order valence-corrected chi connectivity index (χ0v) is 16.2. The van der Waals surface area contributed by atoms with Crippen molar-refractivity contribution in [2.75, 3.05) is 26.9 Å². The quantitative estimate of drug-likeness (QED) is 0.715. The summed E-state index contributed by atoms with van der Waals surface area (Å²) in [5, 5.41) is 0. The number of carbonyl (C=O) groups excluding carboxylic acids is 1. The lowest BCUT2D eigenvalue weighted by molar-refractivity contribution is -0.134. The molecule has 0 unspecified atom stereocenters. The molecule has 2 aromatic carbocycles. The van der Waals surface area contributed by atoms with Crippen LogP contribution in [-0.2, 0) is 22.5 Å². The Balaban J connectivity index is 1.65. The third kappa shape index (κ3) is 5.01. The summed E-state index contributed by atoms with van der Waals surface area (Å²) >= 11 is 0. The maximum absolute atomic E-state index is 12.8. The number of methoxy groups -OCH3 is 1. The number of nitrogens with zero attached hydrogens (tertiary/aromatic N) is 1. The van der Waals surface area contributed by atoms with Crippen molar-refractivity contribution in [3.8, 4) is 11.5 Å². The predicted molar refractivity (Wildman–Crippen MR) is 104 cm³/mol. The zero-order valence-electron chi connectivity index (χ0n) is 16.2. The van der Waals surface area contributed by atoms with Crippen molar-refractivity contribution in [2.45, 2.75) is 32.4 Å². The van der Waals surface area contributed by atoms with Gasteiger partial charge in [-0.1, -0.05) is 42.5 Å². The minimum Gasteiger partial charge on any atom is -0.483 e. The molecule has 0 aliphatic carbocycles. The molecule has 0 N–H and O–H groups in total. The number of fused-ring (bicyclic) bond motifs is 1. The van der Waals surface area contributed by atoms with Crippen molar-refractivity contribution < 1.29 is 19.0 Å². The van der Waals surface area contributed by atoms with Crippen molar-refractivity contribution >= 4 is 5.91 Å². The lowest BCUT2D eigenvalue weighted by Crippen LogP contribution is -2.36. The number of para-hydroxylation sites is 1. The summed E-state index contributed by atoms with van der Waals surface area (Å²) in [5.41, 5.74) is 1.95. The second-order valence-corrected chi connectivity index (χ2v) is 7.37. The van der Waals surface area contributed by atoms with Gasteiger partial charge in [0.1, 0.15) is 5.60 Å². The molecule has 0 bridgehead atoms. The molecule has 5 nitrogen and oxygen atoms in total. The fourth-order valence-corrected chi connectivity index (χ4v) is 3.23. The first-order chi connectivity index (χ1) is 13.0. The largest absolute Gasteiger partial charge is 0.483 e.